The van der Waals surface area contributed by atoms with Gasteiger partial charge in [0.25, 0.3) is 5.75 Å². The van der Waals surface area contributed by atoms with Crippen molar-refractivity contribution in [3.63, 3.8) is 0 Å². The van der Waals surface area contributed by atoms with Crippen LogP contribution in [0.3, 0.4) is 0 Å². The van der Waals surface area contributed by atoms with Gasteiger partial charge in [0.1, 0.15) is 17.7 Å². The molecule has 0 saturated heterocycles. The second kappa shape index (κ2) is 21.2. The Morgan fingerprint density at radius 1 is 1.04 bits per heavy atom. The molecule has 11 heteroatoms. The average molecular weight is 784 g/mol. The normalized spacial score (nSPS) is 17.8. The Hall–Kier alpha value is -5.24. The van der Waals surface area contributed by atoms with Gasteiger partial charge in [0.2, 0.25) is 5.91 Å². The van der Waals surface area contributed by atoms with Gasteiger partial charge in [-0.05, 0) is 98.8 Å². The molecule has 294 valence electrons. The molecule has 2 unspecified atom stereocenters. The Bertz CT molecular complexity index is 2020. The van der Waals surface area contributed by atoms with Gasteiger partial charge < -0.3 is 25.0 Å². The molecule has 0 radical (unpaired) electrons. The van der Waals surface area contributed by atoms with E-state index in [1.807, 2.05) is 54.6 Å². The number of aromatic hydroxyl groups is 1. The van der Waals surface area contributed by atoms with Gasteiger partial charge in [-0.25, -0.2) is 4.39 Å². The Labute approximate surface area is 332 Å². The lowest BCUT2D eigenvalue weighted by Gasteiger charge is -2.19. The molecule has 2 aliphatic carbocycles. The van der Waals surface area contributed by atoms with E-state index in [0.29, 0.717) is 79.2 Å². The molecule has 3 aromatic rings. The molecule has 56 heavy (non-hydrogen) atoms. The second-order valence-electron chi connectivity index (χ2n) is 14.2. The van der Waals surface area contributed by atoms with Crippen LogP contribution in [0, 0.1) is 23.1 Å². The fourth-order valence-electron chi connectivity index (χ4n) is 7.11. The number of amides is 1. The molecule has 3 aromatic carbocycles. The number of carbonyl (C=O) groups is 3. The first-order chi connectivity index (χ1) is 27.2. The lowest BCUT2D eigenvalue weighted by Crippen LogP contribution is -2.36. The summed E-state index contributed by atoms with van der Waals surface area (Å²) in [7, 11) is 0. The number of aliphatic hydroxyl groups excluding tert-OH is 1. The number of benzene rings is 3. The van der Waals surface area contributed by atoms with Crippen LogP contribution in [-0.2, 0) is 27.2 Å². The SMILES string of the molecule is N#CC1=C/C(C[OH+]c2cc(OC3CCc4c(-c5ccccc5F)cccc43)c(Cl)cc2CCCCC(CO)C(=O)NCC(=O)CCCCC(=O)O)=C\CC/C=C\1. The van der Waals surface area contributed by atoms with Gasteiger partial charge in [0, 0.05) is 29.5 Å². The van der Waals surface area contributed by atoms with E-state index < -0.39 is 17.8 Å². The zero-order valence-corrected chi connectivity index (χ0v) is 32.2. The van der Waals surface area contributed by atoms with Crippen LogP contribution in [0.15, 0.2) is 90.0 Å². The molecule has 0 fully saturated rings. The molecule has 1 amide bonds. The van der Waals surface area contributed by atoms with Gasteiger partial charge in [-0.2, -0.15) is 5.26 Å². The molecule has 9 nitrogen and oxygen atoms in total. The zero-order chi connectivity index (χ0) is 39.9. The first-order valence-corrected chi connectivity index (χ1v) is 19.7. The first kappa shape index (κ1) is 41.9. The van der Waals surface area contributed by atoms with Gasteiger partial charge in [0.15, 0.2) is 12.4 Å². The molecule has 4 N–H and O–H groups in total. The minimum absolute atomic E-state index is 0.00176. The lowest BCUT2D eigenvalue weighted by molar-refractivity contribution is -0.137. The number of fused-ring (bicyclic) bond motifs is 1. The number of aliphatic hydroxyl groups is 2. The van der Waals surface area contributed by atoms with E-state index in [1.165, 1.54) is 6.07 Å². The molecule has 0 aliphatic heterocycles. The van der Waals surface area contributed by atoms with E-state index in [9.17, 15) is 29.1 Å². The summed E-state index contributed by atoms with van der Waals surface area (Å²) in [6, 6.07) is 18.6. The number of nitrogens with one attached hydrogen (secondary N) is 1. The summed E-state index contributed by atoms with van der Waals surface area (Å²) in [5.41, 5.74) is 5.84. The Morgan fingerprint density at radius 2 is 1.84 bits per heavy atom. The van der Waals surface area contributed by atoms with Crippen molar-refractivity contribution >= 4 is 29.3 Å². The smallest absolute Gasteiger partial charge is 0.303 e. The minimum atomic E-state index is -0.909. The number of carbonyl (C=O) groups excluding carboxylic acids is 2. The third kappa shape index (κ3) is 11.9. The maximum atomic E-state index is 14.8. The van der Waals surface area contributed by atoms with Crippen LogP contribution in [0.25, 0.3) is 11.1 Å². The van der Waals surface area contributed by atoms with E-state index in [0.717, 1.165) is 47.1 Å². The number of carboxylic acid groups (broad SMARTS) is 1. The van der Waals surface area contributed by atoms with Crippen LogP contribution in [0.5, 0.6) is 11.5 Å². The molecule has 0 heterocycles. The van der Waals surface area contributed by atoms with Crippen LogP contribution in [-0.4, -0.2) is 52.4 Å². The lowest BCUT2D eigenvalue weighted by atomic mass is 9.96. The summed E-state index contributed by atoms with van der Waals surface area (Å²) in [6.07, 6.45) is 13.9. The summed E-state index contributed by atoms with van der Waals surface area (Å²) in [5, 5.41) is 31.3. The number of aliphatic carboxylic acids is 1. The van der Waals surface area contributed by atoms with Crippen LogP contribution in [0.4, 0.5) is 4.39 Å². The van der Waals surface area contributed by atoms with Gasteiger partial charge in [-0.15, -0.1) is 0 Å². The number of allylic oxidation sites excluding steroid dienone is 4. The van der Waals surface area contributed by atoms with Crippen LogP contribution >= 0.6 is 11.6 Å². The number of Topliss-reactive ketones (excluding diaryl/α,β-unsaturated/α-hetero) is 1. The molecular weight excluding hydrogens is 735 g/mol. The van der Waals surface area contributed by atoms with E-state index in [-0.39, 0.29) is 43.7 Å². The van der Waals surface area contributed by atoms with Gasteiger partial charge in [-0.3, -0.25) is 14.4 Å². The maximum absolute atomic E-state index is 14.8. The topological polar surface area (TPSA) is 150 Å². The van der Waals surface area contributed by atoms with E-state index in [2.05, 4.69) is 17.5 Å². The number of aryl methyl sites for hydroxylation is 1. The number of nitrogens with zero attached hydrogens (tertiary/aromatic N) is 1. The van der Waals surface area contributed by atoms with Crippen molar-refractivity contribution in [2.24, 2.45) is 5.92 Å². The monoisotopic (exact) mass is 783 g/mol. The number of rotatable bonds is 20. The highest BCUT2D eigenvalue weighted by Gasteiger charge is 2.29. The number of unbranched alkanes of at least 4 members (excludes halogenated alkanes) is 2. The fraction of sp³-hybridized carbons (Fsp3) is 0.378. The van der Waals surface area contributed by atoms with Crippen molar-refractivity contribution in [1.29, 1.82) is 5.26 Å². The molecule has 0 aromatic heterocycles. The number of carboxylic acids is 1. The number of nitriles is 1. The second-order valence-corrected chi connectivity index (χ2v) is 14.6. The molecule has 0 bridgehead atoms. The Kier molecular flexibility index (Phi) is 15.8. The number of hydrogen-bond donors (Lipinski definition) is 3. The van der Waals surface area contributed by atoms with Crippen molar-refractivity contribution in [3.8, 4) is 28.7 Å². The van der Waals surface area contributed by atoms with Gasteiger partial charge in [-0.1, -0.05) is 66.6 Å². The minimum Gasteiger partial charge on any atom is -0.579 e. The first-order valence-electron chi connectivity index (χ1n) is 19.3. The molecular formula is C45H49ClFN2O7+. The number of hydrogen-bond acceptors (Lipinski definition) is 6. The van der Waals surface area contributed by atoms with E-state index in [1.54, 1.807) is 12.1 Å². The fourth-order valence-corrected chi connectivity index (χ4v) is 7.34. The highest BCUT2D eigenvalue weighted by molar-refractivity contribution is 6.32. The average Bonchev–Trinajstić information content (AvgIpc) is 3.59. The van der Waals surface area contributed by atoms with Crippen molar-refractivity contribution in [1.82, 2.24) is 5.32 Å². The summed E-state index contributed by atoms with van der Waals surface area (Å²) in [4.78, 5) is 35.6. The standard InChI is InChI=1S/C45H48ClFN2O7/c46-39-24-32(13-4-5-14-33(28-50)45(54)49-27-34(51)15-6-9-20-44(52)53)42(55-29-31-12-3-1-2-11-30(23-31)26-48)25-43(39)56-41-22-21-36-35(17-10-18-38(36)41)37-16-7-8-19-40(37)47/h2,7-8,10-12,16-19,23-25,33,41,50H,1,3-6,9,13-15,20-22,27-29H2,(H,49,54)(H,52,53)/p+1/b11-2-,30-23+,31-12+. The maximum Gasteiger partial charge on any atom is 0.303 e. The van der Waals surface area contributed by atoms with Crippen molar-refractivity contribution in [3.05, 3.63) is 118 Å². The van der Waals surface area contributed by atoms with Crippen LogP contribution in [0.2, 0.25) is 5.02 Å². The summed E-state index contributed by atoms with van der Waals surface area (Å²) in [5.74, 6) is -1.25. The third-order valence-electron chi connectivity index (χ3n) is 10.1. The third-order valence-corrected chi connectivity index (χ3v) is 10.4. The Morgan fingerprint density at radius 3 is 2.62 bits per heavy atom. The molecule has 2 aliphatic rings. The predicted octanol–water partition coefficient (Wildman–Crippen LogP) is 8.83. The van der Waals surface area contributed by atoms with Gasteiger partial charge in [0.05, 0.1) is 41.8 Å². The highest BCUT2D eigenvalue weighted by Crippen LogP contribution is 2.43. The highest BCUT2D eigenvalue weighted by atomic mass is 35.5. The van der Waals surface area contributed by atoms with Crippen molar-refractivity contribution in [2.45, 2.75) is 83.2 Å². The molecule has 0 spiro atoms. The Balaban J connectivity index is 1.27. The zero-order valence-electron chi connectivity index (χ0n) is 31.4. The summed E-state index contributed by atoms with van der Waals surface area (Å²) in [6.45, 7) is -0.167. The van der Waals surface area contributed by atoms with Crippen LogP contribution in [0.1, 0.15) is 87.0 Å². The van der Waals surface area contributed by atoms with Gasteiger partial charge >= 0.3 is 5.97 Å². The van der Waals surface area contributed by atoms with Crippen molar-refractivity contribution in [2.75, 3.05) is 19.8 Å². The molecule has 2 atom stereocenters. The van der Waals surface area contributed by atoms with Crippen LogP contribution < -0.4 is 10.1 Å². The van der Waals surface area contributed by atoms with E-state index in [4.69, 9.17) is 26.2 Å². The molecule has 0 saturated carbocycles. The predicted molar refractivity (Wildman–Crippen MR) is 214 cm³/mol. The summed E-state index contributed by atoms with van der Waals surface area (Å²) >= 11 is 6.90. The van der Waals surface area contributed by atoms with Crippen molar-refractivity contribution < 1.29 is 38.5 Å². The molecule has 5 rings (SSSR count). The quantitative estimate of drug-likeness (QED) is 0.0766. The largest absolute Gasteiger partial charge is 0.579 e. The number of ether oxygens (including phenoxy) is 2. The van der Waals surface area contributed by atoms with E-state index >= 15 is 0 Å². The summed E-state index contributed by atoms with van der Waals surface area (Å²) < 4.78 is 26.4. The number of halogens is 2. The number of ketones is 1.